The lowest BCUT2D eigenvalue weighted by Crippen LogP contribution is -1.89. The summed E-state index contributed by atoms with van der Waals surface area (Å²) in [7, 11) is 3.75. The number of nitrogens with one attached hydrogen (secondary N) is 1. The van der Waals surface area contributed by atoms with Crippen LogP contribution in [-0.4, -0.2) is 14.1 Å². The minimum absolute atomic E-state index is 1.88. The van der Waals surface area contributed by atoms with Crippen molar-refractivity contribution in [2.24, 2.45) is 0 Å². The standard InChI is InChI=1S/C2H7N.5C2H6/c1-3-2;5*1-2/h3H,1-2H3;5*1-2H3. The summed E-state index contributed by atoms with van der Waals surface area (Å²) in [6, 6.07) is 0. The SMILES string of the molecule is CC.CC.CC.CC.CC.CNC. The molecule has 0 aliphatic rings. The predicted octanol–water partition coefficient (Wildman–Crippen LogP) is 4.97. The quantitative estimate of drug-likeness (QED) is 0.575. The van der Waals surface area contributed by atoms with Gasteiger partial charge in [-0.3, -0.25) is 0 Å². The van der Waals surface area contributed by atoms with Gasteiger partial charge in [0.15, 0.2) is 0 Å². The second kappa shape index (κ2) is 1560. The third kappa shape index (κ3) is 742000. The Balaban J connectivity index is -0.0000000115. The highest BCUT2D eigenvalue weighted by molar-refractivity contribution is 3.91. The summed E-state index contributed by atoms with van der Waals surface area (Å²) in [6.45, 7) is 20.0. The van der Waals surface area contributed by atoms with E-state index in [4.69, 9.17) is 0 Å². The predicted molar refractivity (Wildman–Crippen MR) is 71.7 cm³/mol. The first-order valence-electron chi connectivity index (χ1n) is 6.00. The van der Waals surface area contributed by atoms with Crippen molar-refractivity contribution in [1.29, 1.82) is 0 Å². The maximum atomic E-state index is 2.75. The van der Waals surface area contributed by atoms with Crippen LogP contribution < -0.4 is 5.32 Å². The van der Waals surface area contributed by atoms with Crippen LogP contribution in [0.3, 0.4) is 0 Å². The van der Waals surface area contributed by atoms with Crippen LogP contribution >= 0.6 is 0 Å². The number of rotatable bonds is 0. The second-order valence-electron chi connectivity index (χ2n) is 0.500. The minimum atomic E-state index is 1.88. The molecule has 0 radical (unpaired) electrons. The van der Waals surface area contributed by atoms with Crippen LogP contribution in [0.15, 0.2) is 0 Å². The van der Waals surface area contributed by atoms with E-state index >= 15 is 0 Å². The Morgan fingerprint density at radius 3 is 0.385 bits per heavy atom. The summed E-state index contributed by atoms with van der Waals surface area (Å²) in [5, 5.41) is 2.75. The lowest BCUT2D eigenvalue weighted by atomic mass is 11.0. The molecule has 0 aromatic heterocycles. The summed E-state index contributed by atoms with van der Waals surface area (Å²) in [5.41, 5.74) is 0. The maximum Gasteiger partial charge on any atom is -0.0167 e. The fourth-order valence-corrected chi connectivity index (χ4v) is 0. The summed E-state index contributed by atoms with van der Waals surface area (Å²) >= 11 is 0. The second-order valence-corrected chi connectivity index (χ2v) is 0.500. The highest BCUT2D eigenvalue weighted by Crippen LogP contribution is 1.15. The molecule has 0 fully saturated rings. The molecule has 1 N–H and O–H groups in total. The Morgan fingerprint density at radius 2 is 0.385 bits per heavy atom. The van der Waals surface area contributed by atoms with Gasteiger partial charge in [0, 0.05) is 0 Å². The first-order chi connectivity index (χ1) is 6.41. The van der Waals surface area contributed by atoms with Gasteiger partial charge < -0.3 is 5.32 Å². The fraction of sp³-hybridized carbons (Fsp3) is 1.00. The molecule has 0 spiro atoms. The van der Waals surface area contributed by atoms with Gasteiger partial charge in [-0.1, -0.05) is 69.2 Å². The molecule has 0 atom stereocenters. The molecule has 0 saturated heterocycles. The van der Waals surface area contributed by atoms with Crippen LogP contribution in [0.5, 0.6) is 0 Å². The van der Waals surface area contributed by atoms with Crippen molar-refractivity contribution in [2.45, 2.75) is 69.2 Å². The van der Waals surface area contributed by atoms with E-state index < -0.39 is 0 Å². The molecule has 1 heteroatoms. The van der Waals surface area contributed by atoms with E-state index in [1.54, 1.807) is 0 Å². The van der Waals surface area contributed by atoms with Gasteiger partial charge in [0.25, 0.3) is 0 Å². The zero-order valence-corrected chi connectivity index (χ0v) is 12.5. The van der Waals surface area contributed by atoms with Crippen LogP contribution in [0.4, 0.5) is 0 Å². The van der Waals surface area contributed by atoms with Gasteiger partial charge >= 0.3 is 0 Å². The number of hydrogen-bond acceptors (Lipinski definition) is 1. The molecular weight excluding hydrogens is 158 g/mol. The Kier molecular flexibility index (Phi) is 4590. The Hall–Kier alpha value is -0.0400. The van der Waals surface area contributed by atoms with Gasteiger partial charge in [-0.25, -0.2) is 0 Å². The third-order valence-corrected chi connectivity index (χ3v) is 0. The van der Waals surface area contributed by atoms with Crippen LogP contribution in [0.25, 0.3) is 0 Å². The third-order valence-electron chi connectivity index (χ3n) is 0. The van der Waals surface area contributed by atoms with Gasteiger partial charge in [-0.2, -0.15) is 0 Å². The Labute approximate surface area is 89.3 Å². The molecule has 0 saturated carbocycles. The van der Waals surface area contributed by atoms with Gasteiger partial charge in [-0.05, 0) is 14.1 Å². The van der Waals surface area contributed by atoms with Crippen molar-refractivity contribution in [3.05, 3.63) is 0 Å². The van der Waals surface area contributed by atoms with Gasteiger partial charge in [0.05, 0.1) is 0 Å². The zero-order valence-electron chi connectivity index (χ0n) is 12.5. The van der Waals surface area contributed by atoms with Crippen molar-refractivity contribution in [3.8, 4) is 0 Å². The molecule has 0 aromatic rings. The topological polar surface area (TPSA) is 12.0 Å². The smallest absolute Gasteiger partial charge is 0.0167 e. The van der Waals surface area contributed by atoms with Crippen LogP contribution in [0.1, 0.15) is 69.2 Å². The molecule has 0 aromatic carbocycles. The van der Waals surface area contributed by atoms with E-state index in [1.807, 2.05) is 83.3 Å². The minimum Gasteiger partial charge on any atom is -0.323 e. The molecular formula is C12H37N. The first kappa shape index (κ1) is 38.3. The van der Waals surface area contributed by atoms with E-state index in [0.717, 1.165) is 0 Å². The maximum absolute atomic E-state index is 2.75. The average molecular weight is 195 g/mol. The summed E-state index contributed by atoms with van der Waals surface area (Å²) in [4.78, 5) is 0. The van der Waals surface area contributed by atoms with Crippen molar-refractivity contribution in [1.82, 2.24) is 5.32 Å². The van der Waals surface area contributed by atoms with Crippen molar-refractivity contribution in [3.63, 3.8) is 0 Å². The van der Waals surface area contributed by atoms with E-state index in [-0.39, 0.29) is 0 Å². The normalized spacial score (nSPS) is 3.69. The largest absolute Gasteiger partial charge is 0.323 e. The van der Waals surface area contributed by atoms with Crippen LogP contribution in [-0.2, 0) is 0 Å². The van der Waals surface area contributed by atoms with Crippen molar-refractivity contribution >= 4 is 0 Å². The summed E-state index contributed by atoms with van der Waals surface area (Å²) in [6.07, 6.45) is 0. The molecule has 0 aliphatic carbocycles. The highest BCUT2D eigenvalue weighted by atomic mass is 14.7. The highest BCUT2D eigenvalue weighted by Gasteiger charge is 1.25. The summed E-state index contributed by atoms with van der Waals surface area (Å²) in [5.74, 6) is 0. The molecule has 0 amide bonds. The fourth-order valence-electron chi connectivity index (χ4n) is 0. The van der Waals surface area contributed by atoms with Gasteiger partial charge in [-0.15, -0.1) is 0 Å². The molecule has 1 nitrogen and oxygen atoms in total. The molecule has 0 aliphatic heterocycles. The van der Waals surface area contributed by atoms with E-state index in [1.165, 1.54) is 0 Å². The molecule has 0 bridgehead atoms. The van der Waals surface area contributed by atoms with Gasteiger partial charge in [0.2, 0.25) is 0 Å². The molecule has 0 heterocycles. The van der Waals surface area contributed by atoms with E-state index in [9.17, 15) is 0 Å². The van der Waals surface area contributed by atoms with Crippen molar-refractivity contribution in [2.75, 3.05) is 14.1 Å². The van der Waals surface area contributed by atoms with Crippen molar-refractivity contribution < 1.29 is 0 Å². The zero-order chi connectivity index (χ0) is 12.7. The van der Waals surface area contributed by atoms with E-state index in [2.05, 4.69) is 5.32 Å². The van der Waals surface area contributed by atoms with Crippen LogP contribution in [0.2, 0.25) is 0 Å². The first-order valence-corrected chi connectivity index (χ1v) is 6.00. The average Bonchev–Trinajstić information content (AvgIpc) is 2.32. The Morgan fingerprint density at radius 1 is 0.385 bits per heavy atom. The molecule has 13 heavy (non-hydrogen) atoms. The molecule has 90 valence electrons. The van der Waals surface area contributed by atoms with E-state index in [0.29, 0.717) is 0 Å². The summed E-state index contributed by atoms with van der Waals surface area (Å²) < 4.78 is 0. The lowest BCUT2D eigenvalue weighted by Gasteiger charge is -1.59. The monoisotopic (exact) mass is 195 g/mol. The van der Waals surface area contributed by atoms with Gasteiger partial charge in [0.1, 0.15) is 0 Å². The van der Waals surface area contributed by atoms with Crippen LogP contribution in [0, 0.1) is 0 Å². The lowest BCUT2D eigenvalue weighted by molar-refractivity contribution is 1.02. The number of hydrogen-bond donors (Lipinski definition) is 1. The molecule has 0 unspecified atom stereocenters. The Bertz CT molecular complexity index is 5.09. The molecule has 0 rings (SSSR count).